The lowest BCUT2D eigenvalue weighted by Crippen LogP contribution is -2.58. The maximum absolute atomic E-state index is 3.70. The molecule has 3 aliphatic rings. The number of nitrogens with zero attached hydrogens (tertiary/aromatic N) is 1. The molecule has 0 aromatic heterocycles. The van der Waals surface area contributed by atoms with Crippen molar-refractivity contribution in [3.63, 3.8) is 0 Å². The maximum Gasteiger partial charge on any atom is 0.0505 e. The van der Waals surface area contributed by atoms with Crippen LogP contribution in [0.3, 0.4) is 0 Å². The van der Waals surface area contributed by atoms with E-state index >= 15 is 0 Å². The first kappa shape index (κ1) is 20.0. The van der Waals surface area contributed by atoms with Crippen LogP contribution in [0.1, 0.15) is 20.8 Å². The van der Waals surface area contributed by atoms with E-state index < -0.39 is 0 Å². The van der Waals surface area contributed by atoms with Gasteiger partial charge >= 0.3 is 0 Å². The minimum Gasteiger partial charge on any atom is -0.315 e. The van der Waals surface area contributed by atoms with Gasteiger partial charge in [0.2, 0.25) is 0 Å². The van der Waals surface area contributed by atoms with Gasteiger partial charge in [-0.3, -0.25) is 4.90 Å². The number of hydrogen-bond acceptors (Lipinski definition) is 7. The molecule has 0 saturated carbocycles. The molecule has 0 aliphatic carbocycles. The highest BCUT2D eigenvalue weighted by Gasteiger charge is 2.40. The molecule has 24 heavy (non-hydrogen) atoms. The van der Waals surface area contributed by atoms with E-state index in [1.165, 1.54) is 0 Å². The molecule has 0 unspecified atom stereocenters. The van der Waals surface area contributed by atoms with Crippen LogP contribution in [-0.2, 0) is 0 Å². The third-order valence-electron chi connectivity index (χ3n) is 5.42. The Bertz CT molecular complexity index is 302. The third-order valence-corrected chi connectivity index (χ3v) is 5.42. The summed E-state index contributed by atoms with van der Waals surface area (Å²) in [6, 6.07) is 0. The predicted octanol–water partition coefficient (Wildman–Crippen LogP) is -1.24. The van der Waals surface area contributed by atoms with E-state index in [1.807, 2.05) is 0 Å². The highest BCUT2D eigenvalue weighted by atomic mass is 15.3. The zero-order valence-corrected chi connectivity index (χ0v) is 15.9. The van der Waals surface area contributed by atoms with Crippen molar-refractivity contribution in [2.75, 3.05) is 78.9 Å². The van der Waals surface area contributed by atoms with Gasteiger partial charge in [-0.05, 0) is 5.41 Å². The maximum atomic E-state index is 3.70. The monoisotopic (exact) mass is 341 g/mol. The molecule has 7 nitrogen and oxygen atoms in total. The van der Waals surface area contributed by atoms with Gasteiger partial charge in [-0.2, -0.15) is 0 Å². The summed E-state index contributed by atoms with van der Waals surface area (Å²) < 4.78 is 0. The van der Waals surface area contributed by atoms with Crippen molar-refractivity contribution < 1.29 is 0 Å². The SMILES string of the molecule is CC(C)(C)C12CNCCNCN(CNCCNC1)CNCCNC2. The lowest BCUT2D eigenvalue weighted by atomic mass is 9.66. The number of nitrogens with one attached hydrogen (secondary N) is 6. The van der Waals surface area contributed by atoms with Gasteiger partial charge in [-0.15, -0.1) is 0 Å². The molecule has 3 rings (SSSR count). The summed E-state index contributed by atoms with van der Waals surface area (Å²) in [6.07, 6.45) is 0. The Kier molecular flexibility index (Phi) is 8.36. The average Bonchev–Trinajstić information content (AvgIpc) is 2.53. The summed E-state index contributed by atoms with van der Waals surface area (Å²) in [6.45, 7) is 18.9. The van der Waals surface area contributed by atoms with Crippen molar-refractivity contribution in [3.05, 3.63) is 0 Å². The lowest BCUT2D eigenvalue weighted by molar-refractivity contribution is 0.0801. The Morgan fingerprint density at radius 2 is 0.917 bits per heavy atom. The highest BCUT2D eigenvalue weighted by Crippen LogP contribution is 2.37. The molecule has 7 heteroatoms. The van der Waals surface area contributed by atoms with E-state index in [0.29, 0.717) is 0 Å². The Morgan fingerprint density at radius 1 is 0.583 bits per heavy atom. The largest absolute Gasteiger partial charge is 0.315 e. The van der Waals surface area contributed by atoms with Crippen molar-refractivity contribution in [2.24, 2.45) is 10.8 Å². The van der Waals surface area contributed by atoms with Crippen LogP contribution in [0.5, 0.6) is 0 Å². The van der Waals surface area contributed by atoms with Crippen LogP contribution < -0.4 is 31.9 Å². The Labute approximate surface area is 148 Å². The van der Waals surface area contributed by atoms with Crippen molar-refractivity contribution in [2.45, 2.75) is 20.8 Å². The normalized spacial score (nSPS) is 32.9. The van der Waals surface area contributed by atoms with Gasteiger partial charge in [-0.1, -0.05) is 20.8 Å². The summed E-state index contributed by atoms with van der Waals surface area (Å²) in [7, 11) is 0. The molecule has 0 atom stereocenters. The molecule has 3 aliphatic heterocycles. The van der Waals surface area contributed by atoms with Crippen molar-refractivity contribution in [1.82, 2.24) is 36.8 Å². The minimum atomic E-state index is 0.188. The smallest absolute Gasteiger partial charge is 0.0505 e. The first-order chi connectivity index (χ1) is 11.5. The molecular formula is C17H39N7. The second-order valence-electron chi connectivity index (χ2n) is 8.21. The predicted molar refractivity (Wildman–Crippen MR) is 101 cm³/mol. The summed E-state index contributed by atoms with van der Waals surface area (Å²) in [5.74, 6) is 0. The van der Waals surface area contributed by atoms with Crippen LogP contribution in [0, 0.1) is 10.8 Å². The Morgan fingerprint density at radius 3 is 1.25 bits per heavy atom. The van der Waals surface area contributed by atoms with Crippen LogP contribution in [-0.4, -0.2) is 83.8 Å². The van der Waals surface area contributed by atoms with Gasteiger partial charge in [-0.25, -0.2) is 0 Å². The van der Waals surface area contributed by atoms with E-state index in [9.17, 15) is 0 Å². The zero-order chi connectivity index (χ0) is 17.3. The number of fused-ring (bicyclic) bond motifs is 15. The topological polar surface area (TPSA) is 75.4 Å². The quantitative estimate of drug-likeness (QED) is 0.329. The van der Waals surface area contributed by atoms with Crippen LogP contribution >= 0.6 is 0 Å². The van der Waals surface area contributed by atoms with Gasteiger partial charge in [0.05, 0.1) is 20.0 Å². The highest BCUT2D eigenvalue weighted by molar-refractivity contribution is 4.96. The van der Waals surface area contributed by atoms with Gasteiger partial charge < -0.3 is 31.9 Å². The van der Waals surface area contributed by atoms with Crippen LogP contribution in [0.2, 0.25) is 0 Å². The fourth-order valence-corrected chi connectivity index (χ4v) is 3.38. The first-order valence-electron chi connectivity index (χ1n) is 9.50. The molecule has 3 heterocycles. The van der Waals surface area contributed by atoms with Crippen LogP contribution in [0.15, 0.2) is 0 Å². The molecule has 142 valence electrons. The lowest BCUT2D eigenvalue weighted by Gasteiger charge is -2.46. The van der Waals surface area contributed by atoms with Crippen molar-refractivity contribution in [1.29, 1.82) is 0 Å². The molecule has 0 aromatic carbocycles. The molecule has 3 fully saturated rings. The first-order valence-corrected chi connectivity index (χ1v) is 9.50. The summed E-state index contributed by atoms with van der Waals surface area (Å²) in [5.41, 5.74) is 0.409. The van der Waals surface area contributed by atoms with Gasteiger partial charge in [0.15, 0.2) is 0 Å². The molecular weight excluding hydrogens is 302 g/mol. The summed E-state index contributed by atoms with van der Waals surface area (Å²) >= 11 is 0. The second-order valence-corrected chi connectivity index (χ2v) is 8.21. The van der Waals surface area contributed by atoms with Crippen LogP contribution in [0.4, 0.5) is 0 Å². The van der Waals surface area contributed by atoms with E-state index in [0.717, 1.165) is 78.9 Å². The number of rotatable bonds is 0. The summed E-state index contributed by atoms with van der Waals surface area (Å²) in [4.78, 5) is 2.37. The number of hydrogen-bond donors (Lipinski definition) is 6. The fraction of sp³-hybridized carbons (Fsp3) is 1.00. The van der Waals surface area contributed by atoms with E-state index in [1.54, 1.807) is 0 Å². The Balaban J connectivity index is 2.12. The average molecular weight is 342 g/mol. The fourth-order valence-electron chi connectivity index (χ4n) is 3.38. The molecule has 6 N–H and O–H groups in total. The van der Waals surface area contributed by atoms with Crippen molar-refractivity contribution >= 4 is 0 Å². The van der Waals surface area contributed by atoms with Gasteiger partial charge in [0.25, 0.3) is 0 Å². The molecule has 3 saturated heterocycles. The molecule has 0 spiro atoms. The van der Waals surface area contributed by atoms with E-state index in [2.05, 4.69) is 57.6 Å². The van der Waals surface area contributed by atoms with Gasteiger partial charge in [0.1, 0.15) is 0 Å². The molecule has 2 bridgehead atoms. The third kappa shape index (κ3) is 6.22. The molecule has 0 aromatic rings. The van der Waals surface area contributed by atoms with Crippen LogP contribution in [0.25, 0.3) is 0 Å². The van der Waals surface area contributed by atoms with E-state index in [-0.39, 0.29) is 10.8 Å². The van der Waals surface area contributed by atoms with E-state index in [4.69, 9.17) is 0 Å². The van der Waals surface area contributed by atoms with Crippen molar-refractivity contribution in [3.8, 4) is 0 Å². The standard InChI is InChI=1S/C17H39N7/c1-16(2,3)17-10-18-4-7-21-13-24(14-22-8-5-19-11-17)15-23-9-6-20-12-17/h18-23H,4-15H2,1-3H3. The second kappa shape index (κ2) is 10.0. The molecule has 0 radical (unpaired) electrons. The summed E-state index contributed by atoms with van der Waals surface area (Å²) in [5, 5.41) is 21.8. The minimum absolute atomic E-state index is 0.188. The Hall–Kier alpha value is -0.280. The molecule has 0 amide bonds. The zero-order valence-electron chi connectivity index (χ0n) is 15.9. The van der Waals surface area contributed by atoms with Gasteiger partial charge in [0, 0.05) is 64.3 Å².